The van der Waals surface area contributed by atoms with E-state index in [1.807, 2.05) is 37.4 Å². The Kier molecular flexibility index (Phi) is 10.6. The number of likely N-dealkylation sites (N-methyl/N-ethyl adjacent to an activating group) is 1. The number of phenolic OH excluding ortho intramolecular Hbond substituents is 1. The molecule has 0 amide bonds. The molecule has 3 aromatic carbocycles. The van der Waals surface area contributed by atoms with Gasteiger partial charge in [0.1, 0.15) is 18.1 Å². The zero-order valence-corrected chi connectivity index (χ0v) is 23.7. The molecule has 0 heterocycles. The highest BCUT2D eigenvalue weighted by Gasteiger charge is 2.25. The van der Waals surface area contributed by atoms with Crippen molar-refractivity contribution in [1.29, 1.82) is 0 Å². The van der Waals surface area contributed by atoms with Gasteiger partial charge in [0.15, 0.2) is 11.6 Å². The van der Waals surface area contributed by atoms with Gasteiger partial charge in [-0.25, -0.2) is 4.39 Å². The molecular weight excluding hydrogens is 511 g/mol. The molecule has 0 saturated carbocycles. The molecule has 2 N–H and O–H groups in total. The van der Waals surface area contributed by atoms with Gasteiger partial charge >= 0.3 is 0 Å². The van der Waals surface area contributed by atoms with Crippen molar-refractivity contribution in [3.8, 4) is 17.2 Å². The standard InChI is InChI=1S/C32H41FN2O5/c1-34(13-16-38-2)14-17-40-32-11-4-23(18-30(32)33)22-35(12-15-36)31-21-28(39-3)9-10-29(31)26-6-5-25-20-27(37)8-7-24(25)19-26/h4,7-11,18,20-21,26,36-37H,5-6,12-17,19,22H2,1-3H3/t26-/m1/s1. The molecule has 3 aromatic rings. The van der Waals surface area contributed by atoms with Crippen molar-refractivity contribution in [2.45, 2.75) is 31.7 Å². The van der Waals surface area contributed by atoms with Gasteiger partial charge in [0.2, 0.25) is 0 Å². The third-order valence-electron chi connectivity index (χ3n) is 7.58. The molecule has 40 heavy (non-hydrogen) atoms. The summed E-state index contributed by atoms with van der Waals surface area (Å²) < 4.78 is 31.3. The zero-order chi connectivity index (χ0) is 28.5. The van der Waals surface area contributed by atoms with E-state index in [0.29, 0.717) is 38.6 Å². The number of hydrogen-bond donors (Lipinski definition) is 2. The van der Waals surface area contributed by atoms with Gasteiger partial charge in [0.05, 0.1) is 20.3 Å². The van der Waals surface area contributed by atoms with E-state index in [4.69, 9.17) is 14.2 Å². The minimum atomic E-state index is -0.404. The first kappa shape index (κ1) is 29.6. The van der Waals surface area contributed by atoms with Crippen LogP contribution in [-0.2, 0) is 24.1 Å². The Labute approximate surface area is 236 Å². The Morgan fingerprint density at radius 2 is 1.77 bits per heavy atom. The molecule has 0 aromatic heterocycles. The van der Waals surface area contributed by atoms with E-state index in [0.717, 1.165) is 42.8 Å². The monoisotopic (exact) mass is 552 g/mol. The SMILES string of the molecule is COCCN(C)CCOc1ccc(CN(CCO)c2cc(OC)ccc2[C@@H]2CCc3cc(O)ccc3C2)cc1F. The van der Waals surface area contributed by atoms with Crippen LogP contribution in [0.1, 0.15) is 34.6 Å². The highest BCUT2D eigenvalue weighted by atomic mass is 19.1. The normalized spacial score (nSPS) is 14.7. The molecule has 1 atom stereocenters. The van der Waals surface area contributed by atoms with Gasteiger partial charge < -0.3 is 34.2 Å². The molecule has 7 nitrogen and oxygen atoms in total. The average molecular weight is 553 g/mol. The lowest BCUT2D eigenvalue weighted by Crippen LogP contribution is -2.28. The molecule has 1 aliphatic carbocycles. The fraction of sp³-hybridized carbons (Fsp3) is 0.438. The summed E-state index contributed by atoms with van der Waals surface area (Å²) in [5.74, 6) is 1.13. The molecule has 0 fully saturated rings. The summed E-state index contributed by atoms with van der Waals surface area (Å²) in [6.07, 6.45) is 2.70. The maximum atomic E-state index is 15.0. The number of phenols is 1. The molecule has 0 aliphatic heterocycles. The van der Waals surface area contributed by atoms with Gasteiger partial charge in [-0.2, -0.15) is 0 Å². The van der Waals surface area contributed by atoms with Crippen molar-refractivity contribution >= 4 is 5.69 Å². The van der Waals surface area contributed by atoms with Crippen LogP contribution < -0.4 is 14.4 Å². The molecule has 0 radical (unpaired) electrons. The topological polar surface area (TPSA) is 74.6 Å². The summed E-state index contributed by atoms with van der Waals surface area (Å²) in [7, 11) is 5.28. The van der Waals surface area contributed by atoms with E-state index < -0.39 is 5.82 Å². The number of aliphatic hydroxyl groups excluding tert-OH is 1. The van der Waals surface area contributed by atoms with E-state index in [1.165, 1.54) is 22.8 Å². The maximum Gasteiger partial charge on any atom is 0.165 e. The second kappa shape index (κ2) is 14.3. The van der Waals surface area contributed by atoms with Crippen LogP contribution >= 0.6 is 0 Å². The molecule has 8 heteroatoms. The molecule has 0 bridgehead atoms. The second-order valence-corrected chi connectivity index (χ2v) is 10.4. The molecule has 0 spiro atoms. The number of methoxy groups -OCH3 is 2. The number of rotatable bonds is 14. The summed E-state index contributed by atoms with van der Waals surface area (Å²) in [4.78, 5) is 4.16. The number of anilines is 1. The lowest BCUT2D eigenvalue weighted by Gasteiger charge is -2.32. The first-order valence-electron chi connectivity index (χ1n) is 13.8. The lowest BCUT2D eigenvalue weighted by atomic mass is 9.79. The Balaban J connectivity index is 1.51. The van der Waals surface area contributed by atoms with Crippen LogP contribution in [0.25, 0.3) is 0 Å². The van der Waals surface area contributed by atoms with Crippen molar-refractivity contribution < 1.29 is 28.8 Å². The fourth-order valence-electron chi connectivity index (χ4n) is 5.33. The first-order valence-corrected chi connectivity index (χ1v) is 13.8. The Morgan fingerprint density at radius 3 is 2.52 bits per heavy atom. The smallest absolute Gasteiger partial charge is 0.165 e. The lowest BCUT2D eigenvalue weighted by molar-refractivity contribution is 0.149. The van der Waals surface area contributed by atoms with E-state index >= 15 is 4.39 Å². The number of fused-ring (bicyclic) bond motifs is 1. The van der Waals surface area contributed by atoms with Crippen molar-refractivity contribution in [3.63, 3.8) is 0 Å². The van der Waals surface area contributed by atoms with Crippen LogP contribution in [0.3, 0.4) is 0 Å². The average Bonchev–Trinajstić information content (AvgIpc) is 2.96. The molecule has 216 valence electrons. The maximum absolute atomic E-state index is 15.0. The van der Waals surface area contributed by atoms with E-state index in [-0.39, 0.29) is 18.3 Å². The second-order valence-electron chi connectivity index (χ2n) is 10.4. The first-order chi connectivity index (χ1) is 19.4. The van der Waals surface area contributed by atoms with Crippen molar-refractivity contribution in [3.05, 3.63) is 82.7 Å². The third-order valence-corrected chi connectivity index (χ3v) is 7.58. The number of aliphatic hydroxyl groups is 1. The Morgan fingerprint density at radius 1 is 0.950 bits per heavy atom. The van der Waals surface area contributed by atoms with Crippen LogP contribution in [0, 0.1) is 5.82 Å². The van der Waals surface area contributed by atoms with Crippen LogP contribution in [0.5, 0.6) is 17.2 Å². The minimum absolute atomic E-state index is 0.0380. The van der Waals surface area contributed by atoms with Gasteiger partial charge in [0.25, 0.3) is 0 Å². The Bertz CT molecular complexity index is 1250. The van der Waals surface area contributed by atoms with Crippen molar-refractivity contribution in [2.75, 3.05) is 65.6 Å². The van der Waals surface area contributed by atoms with Crippen LogP contribution in [0.15, 0.2) is 54.6 Å². The summed E-state index contributed by atoms with van der Waals surface area (Å²) in [5, 5.41) is 19.8. The van der Waals surface area contributed by atoms with Crippen LogP contribution in [-0.4, -0.2) is 75.8 Å². The zero-order valence-electron chi connectivity index (χ0n) is 23.7. The summed E-state index contributed by atoms with van der Waals surface area (Å²) >= 11 is 0. The number of benzene rings is 3. The van der Waals surface area contributed by atoms with Gasteiger partial charge in [-0.1, -0.05) is 18.2 Å². The van der Waals surface area contributed by atoms with Crippen LogP contribution in [0.2, 0.25) is 0 Å². The predicted octanol–water partition coefficient (Wildman–Crippen LogP) is 4.77. The molecule has 0 unspecified atom stereocenters. The summed E-state index contributed by atoms with van der Waals surface area (Å²) in [6.45, 7) is 3.25. The third kappa shape index (κ3) is 7.65. The number of halogens is 1. The Hall–Kier alpha value is -3.33. The molecule has 4 rings (SSSR count). The van der Waals surface area contributed by atoms with E-state index in [9.17, 15) is 10.2 Å². The van der Waals surface area contributed by atoms with Gasteiger partial charge in [-0.3, -0.25) is 0 Å². The van der Waals surface area contributed by atoms with Gasteiger partial charge in [-0.05, 0) is 84.8 Å². The predicted molar refractivity (Wildman–Crippen MR) is 155 cm³/mol. The number of aryl methyl sites for hydroxylation is 1. The van der Waals surface area contributed by atoms with E-state index in [2.05, 4.69) is 15.9 Å². The quantitative estimate of drug-likeness (QED) is 0.299. The fourth-order valence-corrected chi connectivity index (χ4v) is 5.33. The molecule has 1 aliphatic rings. The van der Waals surface area contributed by atoms with Crippen molar-refractivity contribution in [2.24, 2.45) is 0 Å². The highest BCUT2D eigenvalue weighted by Crippen LogP contribution is 2.40. The largest absolute Gasteiger partial charge is 0.508 e. The highest BCUT2D eigenvalue weighted by molar-refractivity contribution is 5.60. The minimum Gasteiger partial charge on any atom is -0.508 e. The number of ether oxygens (including phenoxy) is 3. The van der Waals surface area contributed by atoms with Crippen molar-refractivity contribution in [1.82, 2.24) is 4.90 Å². The summed E-state index contributed by atoms with van der Waals surface area (Å²) in [5.41, 5.74) is 5.37. The van der Waals surface area contributed by atoms with Gasteiger partial charge in [-0.15, -0.1) is 0 Å². The number of nitrogens with zero attached hydrogens (tertiary/aromatic N) is 2. The molecular formula is C32H41FN2O5. The van der Waals surface area contributed by atoms with Crippen LogP contribution in [0.4, 0.5) is 10.1 Å². The summed E-state index contributed by atoms with van der Waals surface area (Å²) in [6, 6.07) is 16.8. The number of aromatic hydroxyl groups is 1. The van der Waals surface area contributed by atoms with E-state index in [1.54, 1.807) is 26.4 Å². The number of hydrogen-bond acceptors (Lipinski definition) is 7. The van der Waals surface area contributed by atoms with Gasteiger partial charge in [0, 0.05) is 45.0 Å². The molecule has 0 saturated heterocycles.